The average Bonchev–Trinajstić information content (AvgIpc) is 2.60. The molecule has 1 aromatic heterocycles. The Bertz CT molecular complexity index is 482. The maximum Gasteiger partial charge on any atom is 0.208 e. The van der Waals surface area contributed by atoms with Gasteiger partial charge in [0.2, 0.25) is 4.67 Å². The molecule has 0 unspecified atom stereocenters. The molecule has 0 fully saturated rings. The highest BCUT2D eigenvalue weighted by Crippen LogP contribution is 2.33. The molecule has 0 bridgehead atoms. The summed E-state index contributed by atoms with van der Waals surface area (Å²) in [6.07, 6.45) is 0. The summed E-state index contributed by atoms with van der Waals surface area (Å²) in [7, 11) is 0. The second-order valence-corrected chi connectivity index (χ2v) is 4.50. The fourth-order valence-electron chi connectivity index (χ4n) is 1.29. The molecule has 2 rings (SSSR count). The predicted molar refractivity (Wildman–Crippen MR) is 63.3 cm³/mol. The molecule has 0 spiro atoms. The van der Waals surface area contributed by atoms with Gasteiger partial charge in [-0.15, -0.1) is 0 Å². The highest BCUT2D eigenvalue weighted by Gasteiger charge is 2.16. The molecule has 0 aliphatic heterocycles. The van der Waals surface area contributed by atoms with Crippen molar-refractivity contribution in [3.8, 4) is 11.3 Å². The number of aromatic nitrogens is 1. The summed E-state index contributed by atoms with van der Waals surface area (Å²) in [5.41, 5.74) is 2.20. The van der Waals surface area contributed by atoms with Crippen LogP contribution in [-0.2, 0) is 6.61 Å². The Morgan fingerprint density at radius 1 is 1.27 bits per heavy atom. The monoisotopic (exact) mass is 331 g/mol. The van der Waals surface area contributed by atoms with E-state index in [2.05, 4.69) is 37.0 Å². The molecule has 2 aromatic rings. The van der Waals surface area contributed by atoms with Crippen LogP contribution in [0.15, 0.2) is 37.9 Å². The number of aliphatic hydroxyl groups excluding tert-OH is 1. The van der Waals surface area contributed by atoms with E-state index >= 15 is 0 Å². The van der Waals surface area contributed by atoms with E-state index in [1.807, 2.05) is 24.3 Å². The van der Waals surface area contributed by atoms with Gasteiger partial charge in [-0.25, -0.2) is 0 Å². The van der Waals surface area contributed by atoms with Crippen LogP contribution in [0.2, 0.25) is 0 Å². The van der Waals surface area contributed by atoms with Crippen molar-refractivity contribution in [3.05, 3.63) is 39.0 Å². The van der Waals surface area contributed by atoms with Gasteiger partial charge >= 0.3 is 0 Å². The van der Waals surface area contributed by atoms with E-state index in [-0.39, 0.29) is 6.61 Å². The summed E-state index contributed by atoms with van der Waals surface area (Å²) < 4.78 is 6.37. The summed E-state index contributed by atoms with van der Waals surface area (Å²) in [5.74, 6) is 0. The van der Waals surface area contributed by atoms with Gasteiger partial charge in [0.15, 0.2) is 0 Å². The van der Waals surface area contributed by atoms with Crippen LogP contribution >= 0.6 is 31.9 Å². The lowest BCUT2D eigenvalue weighted by molar-refractivity contribution is 0.278. The molecule has 5 heteroatoms. The normalized spacial score (nSPS) is 10.6. The topological polar surface area (TPSA) is 46.3 Å². The largest absolute Gasteiger partial charge is 0.391 e. The van der Waals surface area contributed by atoms with Crippen LogP contribution < -0.4 is 0 Å². The summed E-state index contributed by atoms with van der Waals surface area (Å²) in [6, 6.07) is 7.65. The highest BCUT2D eigenvalue weighted by atomic mass is 79.9. The fourth-order valence-corrected chi connectivity index (χ4v) is 2.15. The first kappa shape index (κ1) is 10.9. The Morgan fingerprint density at radius 2 is 2.00 bits per heavy atom. The summed E-state index contributed by atoms with van der Waals surface area (Å²) in [6.45, 7) is -0.110. The Kier molecular flexibility index (Phi) is 3.23. The third-order valence-electron chi connectivity index (χ3n) is 2.03. The minimum absolute atomic E-state index is 0.110. The Balaban J connectivity index is 2.59. The van der Waals surface area contributed by atoms with Crippen molar-refractivity contribution in [2.24, 2.45) is 0 Å². The van der Waals surface area contributed by atoms with E-state index in [9.17, 15) is 5.11 Å². The maximum atomic E-state index is 9.20. The molecular formula is C10H7Br2NO2. The van der Waals surface area contributed by atoms with Crippen molar-refractivity contribution >= 4 is 31.9 Å². The van der Waals surface area contributed by atoms with E-state index in [0.717, 1.165) is 10.0 Å². The molecule has 1 heterocycles. The highest BCUT2D eigenvalue weighted by molar-refractivity contribution is 9.10. The number of aliphatic hydroxyl groups is 1. The Morgan fingerprint density at radius 3 is 2.67 bits per heavy atom. The van der Waals surface area contributed by atoms with E-state index in [4.69, 9.17) is 4.52 Å². The van der Waals surface area contributed by atoms with Crippen molar-refractivity contribution in [2.75, 3.05) is 0 Å². The first-order valence-electron chi connectivity index (χ1n) is 4.24. The number of nitrogens with zero attached hydrogens (tertiary/aromatic N) is 1. The van der Waals surface area contributed by atoms with Crippen LogP contribution in [0, 0.1) is 0 Å². The van der Waals surface area contributed by atoms with E-state index in [1.165, 1.54) is 0 Å². The lowest BCUT2D eigenvalue weighted by atomic mass is 10.1. The van der Waals surface area contributed by atoms with Gasteiger partial charge < -0.3 is 9.63 Å². The SMILES string of the molecule is OCc1c(-c2ccccc2Br)noc1Br. The van der Waals surface area contributed by atoms with Crippen molar-refractivity contribution in [1.82, 2.24) is 5.16 Å². The lowest BCUT2D eigenvalue weighted by Gasteiger charge is -2.01. The third-order valence-corrected chi connectivity index (χ3v) is 3.34. The Hall–Kier alpha value is -0.650. The van der Waals surface area contributed by atoms with Crippen LogP contribution in [0.1, 0.15) is 5.56 Å². The van der Waals surface area contributed by atoms with Crippen LogP contribution in [0.4, 0.5) is 0 Å². The van der Waals surface area contributed by atoms with Crippen molar-refractivity contribution in [2.45, 2.75) is 6.61 Å². The lowest BCUT2D eigenvalue weighted by Crippen LogP contribution is -1.87. The molecule has 0 radical (unpaired) electrons. The van der Waals surface area contributed by atoms with Gasteiger partial charge in [-0.2, -0.15) is 0 Å². The molecule has 0 saturated heterocycles. The van der Waals surface area contributed by atoms with E-state index in [0.29, 0.717) is 15.9 Å². The quantitative estimate of drug-likeness (QED) is 0.917. The smallest absolute Gasteiger partial charge is 0.208 e. The van der Waals surface area contributed by atoms with E-state index in [1.54, 1.807) is 0 Å². The summed E-state index contributed by atoms with van der Waals surface area (Å²) in [4.78, 5) is 0. The molecule has 15 heavy (non-hydrogen) atoms. The number of benzene rings is 1. The second-order valence-electron chi connectivity index (χ2n) is 2.92. The first-order valence-corrected chi connectivity index (χ1v) is 5.82. The molecule has 3 nitrogen and oxygen atoms in total. The standard InChI is InChI=1S/C10H7Br2NO2/c11-8-4-2-1-3-6(8)9-7(5-14)10(12)15-13-9/h1-4,14H,5H2. The number of rotatable bonds is 2. The zero-order valence-electron chi connectivity index (χ0n) is 7.58. The van der Waals surface area contributed by atoms with Gasteiger partial charge in [-0.3, -0.25) is 0 Å². The van der Waals surface area contributed by atoms with Gasteiger partial charge in [0, 0.05) is 10.0 Å². The van der Waals surface area contributed by atoms with Crippen LogP contribution in [0.5, 0.6) is 0 Å². The number of hydrogen-bond acceptors (Lipinski definition) is 3. The van der Waals surface area contributed by atoms with Gasteiger partial charge in [-0.1, -0.05) is 39.3 Å². The average molecular weight is 333 g/mol. The predicted octanol–water partition coefficient (Wildman–Crippen LogP) is 3.36. The minimum atomic E-state index is -0.110. The zero-order chi connectivity index (χ0) is 10.8. The molecular weight excluding hydrogens is 326 g/mol. The molecule has 1 N–H and O–H groups in total. The van der Waals surface area contributed by atoms with Crippen molar-refractivity contribution in [3.63, 3.8) is 0 Å². The van der Waals surface area contributed by atoms with Gasteiger partial charge in [-0.05, 0) is 22.0 Å². The molecule has 0 saturated carbocycles. The van der Waals surface area contributed by atoms with Crippen LogP contribution in [-0.4, -0.2) is 10.3 Å². The fraction of sp³-hybridized carbons (Fsp3) is 0.100. The van der Waals surface area contributed by atoms with Gasteiger partial charge in [0.1, 0.15) is 5.69 Å². The molecule has 0 aliphatic rings. The maximum absolute atomic E-state index is 9.20. The number of halogens is 2. The van der Waals surface area contributed by atoms with Crippen LogP contribution in [0.3, 0.4) is 0 Å². The zero-order valence-corrected chi connectivity index (χ0v) is 10.7. The van der Waals surface area contributed by atoms with Gasteiger partial charge in [0.05, 0.1) is 12.2 Å². The van der Waals surface area contributed by atoms with E-state index < -0.39 is 0 Å². The molecule has 1 aromatic carbocycles. The summed E-state index contributed by atoms with van der Waals surface area (Å²) >= 11 is 6.62. The first-order chi connectivity index (χ1) is 7.24. The summed E-state index contributed by atoms with van der Waals surface area (Å²) in [5, 5.41) is 13.1. The minimum Gasteiger partial charge on any atom is -0.391 e. The van der Waals surface area contributed by atoms with Crippen molar-refractivity contribution < 1.29 is 9.63 Å². The Labute approximate surface area is 103 Å². The van der Waals surface area contributed by atoms with Gasteiger partial charge in [0.25, 0.3) is 0 Å². The molecule has 0 aliphatic carbocycles. The van der Waals surface area contributed by atoms with Crippen LogP contribution in [0.25, 0.3) is 11.3 Å². The molecule has 0 atom stereocenters. The second kappa shape index (κ2) is 4.47. The number of hydrogen-bond donors (Lipinski definition) is 1. The molecule has 78 valence electrons. The van der Waals surface area contributed by atoms with Crippen molar-refractivity contribution in [1.29, 1.82) is 0 Å². The molecule has 0 amide bonds. The third kappa shape index (κ3) is 2.00.